The molecule has 0 unspecified atom stereocenters. The number of hydrogen-bond acceptors (Lipinski definition) is 3. The van der Waals surface area contributed by atoms with Crippen molar-refractivity contribution in [1.29, 1.82) is 0 Å². The second-order valence-electron chi connectivity index (χ2n) is 5.06. The van der Waals surface area contributed by atoms with Crippen LogP contribution in [0.15, 0.2) is 18.2 Å². The van der Waals surface area contributed by atoms with Crippen molar-refractivity contribution < 1.29 is 17.9 Å². The van der Waals surface area contributed by atoms with Gasteiger partial charge in [0.2, 0.25) is 10.0 Å². The van der Waals surface area contributed by atoms with Crippen LogP contribution < -0.4 is 0 Å². The fourth-order valence-corrected chi connectivity index (χ4v) is 3.15. The van der Waals surface area contributed by atoms with Crippen LogP contribution in [-0.4, -0.2) is 37.0 Å². The summed E-state index contributed by atoms with van der Waals surface area (Å²) in [7, 11) is -2.37. The summed E-state index contributed by atoms with van der Waals surface area (Å²) in [6.07, 6.45) is 0. The molecule has 1 aromatic carbocycles. The van der Waals surface area contributed by atoms with Gasteiger partial charge >= 0.3 is 0 Å². The monoisotopic (exact) mass is 309 g/mol. The Morgan fingerprint density at radius 1 is 1.42 bits per heavy atom. The molecule has 0 amide bonds. The average molecular weight is 310 g/mol. The zero-order valence-electron chi connectivity index (χ0n) is 11.0. The molecule has 0 heterocycles. The molecule has 0 aromatic heterocycles. The molecule has 1 rings (SSSR count). The largest absolute Gasteiger partial charge is 0.389 e. The Kier molecular flexibility index (Phi) is 4.95. The van der Waals surface area contributed by atoms with E-state index in [-0.39, 0.29) is 17.1 Å². The zero-order valence-corrected chi connectivity index (χ0v) is 12.6. The van der Waals surface area contributed by atoms with Crippen molar-refractivity contribution in [3.05, 3.63) is 34.6 Å². The molecule has 1 N–H and O–H groups in total. The first-order valence-electron chi connectivity index (χ1n) is 5.61. The number of hydrogen-bond donors (Lipinski definition) is 1. The standard InChI is InChI=1S/C12H17ClFNO3S/c1-12(2,16)8-15(3)19(17,18)7-9-6-10(13)4-5-11(9)14/h4-6,16H,7-8H2,1-3H3. The number of nitrogens with zero attached hydrogens (tertiary/aromatic N) is 1. The Morgan fingerprint density at radius 2 is 2.00 bits per heavy atom. The Morgan fingerprint density at radius 3 is 2.53 bits per heavy atom. The number of halogens is 2. The highest BCUT2D eigenvalue weighted by Crippen LogP contribution is 2.19. The van der Waals surface area contributed by atoms with E-state index < -0.39 is 27.2 Å². The molecule has 0 bridgehead atoms. The molecule has 4 nitrogen and oxygen atoms in total. The van der Waals surface area contributed by atoms with Gasteiger partial charge < -0.3 is 5.11 Å². The number of benzene rings is 1. The smallest absolute Gasteiger partial charge is 0.218 e. The molecule has 19 heavy (non-hydrogen) atoms. The summed E-state index contributed by atoms with van der Waals surface area (Å²) in [5.41, 5.74) is -1.15. The second kappa shape index (κ2) is 5.75. The van der Waals surface area contributed by atoms with Crippen molar-refractivity contribution in [3.63, 3.8) is 0 Å². The van der Waals surface area contributed by atoms with Crippen molar-refractivity contribution in [2.45, 2.75) is 25.2 Å². The molecule has 7 heteroatoms. The Labute approximate surface area is 117 Å². The predicted molar refractivity (Wildman–Crippen MR) is 73.0 cm³/mol. The first kappa shape index (κ1) is 16.4. The SMILES string of the molecule is CN(CC(C)(C)O)S(=O)(=O)Cc1cc(Cl)ccc1F. The van der Waals surface area contributed by atoms with Crippen LogP contribution in [0.2, 0.25) is 5.02 Å². The lowest BCUT2D eigenvalue weighted by Gasteiger charge is -2.25. The van der Waals surface area contributed by atoms with E-state index in [2.05, 4.69) is 0 Å². The van der Waals surface area contributed by atoms with Gasteiger partial charge in [0, 0.05) is 24.2 Å². The van der Waals surface area contributed by atoms with Gasteiger partial charge in [-0.3, -0.25) is 0 Å². The van der Waals surface area contributed by atoms with E-state index >= 15 is 0 Å². The van der Waals surface area contributed by atoms with Crippen molar-refractivity contribution in [2.24, 2.45) is 0 Å². The highest BCUT2D eigenvalue weighted by Gasteiger charge is 2.25. The molecule has 0 saturated heterocycles. The Bertz CT molecular complexity index is 555. The topological polar surface area (TPSA) is 57.6 Å². The highest BCUT2D eigenvalue weighted by molar-refractivity contribution is 7.88. The van der Waals surface area contributed by atoms with Gasteiger partial charge in [0.1, 0.15) is 5.82 Å². The molecule has 0 radical (unpaired) electrons. The minimum atomic E-state index is -3.71. The van der Waals surface area contributed by atoms with Gasteiger partial charge in [0.15, 0.2) is 0 Å². The average Bonchev–Trinajstić information content (AvgIpc) is 2.20. The molecular formula is C12H17ClFNO3S. The van der Waals surface area contributed by atoms with E-state index in [1.54, 1.807) is 0 Å². The molecule has 1 aromatic rings. The third-order valence-electron chi connectivity index (χ3n) is 2.43. The molecule has 108 valence electrons. The van der Waals surface area contributed by atoms with Crippen LogP contribution in [0, 0.1) is 5.82 Å². The summed E-state index contributed by atoms with van der Waals surface area (Å²) in [6, 6.07) is 3.77. The first-order chi connectivity index (χ1) is 8.51. The predicted octanol–water partition coefficient (Wildman–Crippen LogP) is 2.01. The van der Waals surface area contributed by atoms with Crippen molar-refractivity contribution in [2.75, 3.05) is 13.6 Å². The molecule has 0 aliphatic carbocycles. The van der Waals surface area contributed by atoms with Gasteiger partial charge in [-0.1, -0.05) is 11.6 Å². The maximum absolute atomic E-state index is 13.5. The lowest BCUT2D eigenvalue weighted by Crippen LogP contribution is -2.40. The summed E-state index contributed by atoms with van der Waals surface area (Å²) in [6.45, 7) is 2.93. The van der Waals surface area contributed by atoms with E-state index in [4.69, 9.17) is 11.6 Å². The molecule has 0 fully saturated rings. The van der Waals surface area contributed by atoms with Crippen LogP contribution in [-0.2, 0) is 15.8 Å². The molecule has 0 aliphatic heterocycles. The summed E-state index contributed by atoms with van der Waals surface area (Å²) < 4.78 is 38.6. The summed E-state index contributed by atoms with van der Waals surface area (Å²) in [5, 5.41) is 9.89. The van der Waals surface area contributed by atoms with Crippen LogP contribution in [0.5, 0.6) is 0 Å². The van der Waals surface area contributed by atoms with Crippen LogP contribution in [0.25, 0.3) is 0 Å². The van der Waals surface area contributed by atoms with E-state index in [9.17, 15) is 17.9 Å². The summed E-state index contributed by atoms with van der Waals surface area (Å²) in [4.78, 5) is 0. The molecule has 0 spiro atoms. The van der Waals surface area contributed by atoms with E-state index in [0.29, 0.717) is 0 Å². The number of sulfonamides is 1. The van der Waals surface area contributed by atoms with Crippen LogP contribution in [0.1, 0.15) is 19.4 Å². The van der Waals surface area contributed by atoms with Crippen LogP contribution >= 0.6 is 11.6 Å². The van der Waals surface area contributed by atoms with Crippen LogP contribution in [0.3, 0.4) is 0 Å². The van der Waals surface area contributed by atoms with Gasteiger partial charge in [0.05, 0.1) is 11.4 Å². The summed E-state index contributed by atoms with van der Waals surface area (Å²) >= 11 is 5.72. The van der Waals surface area contributed by atoms with Crippen molar-refractivity contribution >= 4 is 21.6 Å². The van der Waals surface area contributed by atoms with Gasteiger partial charge in [0.25, 0.3) is 0 Å². The normalized spacial score (nSPS) is 13.0. The third kappa shape index (κ3) is 5.06. The minimum Gasteiger partial charge on any atom is -0.389 e. The van der Waals surface area contributed by atoms with Crippen LogP contribution in [0.4, 0.5) is 4.39 Å². The lowest BCUT2D eigenvalue weighted by atomic mass is 10.1. The summed E-state index contributed by atoms with van der Waals surface area (Å²) in [5.74, 6) is -1.11. The lowest BCUT2D eigenvalue weighted by molar-refractivity contribution is 0.0639. The number of rotatable bonds is 5. The fourth-order valence-electron chi connectivity index (χ4n) is 1.60. The fraction of sp³-hybridized carbons (Fsp3) is 0.500. The molecular weight excluding hydrogens is 293 g/mol. The molecule has 0 aliphatic rings. The zero-order chi connectivity index (χ0) is 14.8. The molecule has 0 atom stereocenters. The maximum Gasteiger partial charge on any atom is 0.218 e. The van der Waals surface area contributed by atoms with Gasteiger partial charge in [-0.15, -0.1) is 0 Å². The van der Waals surface area contributed by atoms with E-state index in [0.717, 1.165) is 10.4 Å². The first-order valence-corrected chi connectivity index (χ1v) is 7.60. The Hall–Kier alpha value is -0.690. The second-order valence-corrected chi connectivity index (χ2v) is 7.57. The van der Waals surface area contributed by atoms with Gasteiger partial charge in [-0.2, -0.15) is 0 Å². The maximum atomic E-state index is 13.5. The van der Waals surface area contributed by atoms with E-state index in [1.807, 2.05) is 0 Å². The number of likely N-dealkylation sites (N-methyl/N-ethyl adjacent to an activating group) is 1. The molecule has 0 saturated carbocycles. The third-order valence-corrected chi connectivity index (χ3v) is 4.42. The minimum absolute atomic E-state index is 0.00935. The highest BCUT2D eigenvalue weighted by atomic mass is 35.5. The van der Waals surface area contributed by atoms with Crippen molar-refractivity contribution in [3.8, 4) is 0 Å². The van der Waals surface area contributed by atoms with E-state index in [1.165, 1.54) is 33.0 Å². The Balaban J connectivity index is 2.93. The van der Waals surface area contributed by atoms with Gasteiger partial charge in [-0.25, -0.2) is 17.1 Å². The number of aliphatic hydroxyl groups is 1. The van der Waals surface area contributed by atoms with Gasteiger partial charge in [-0.05, 0) is 32.0 Å². The van der Waals surface area contributed by atoms with Crippen molar-refractivity contribution in [1.82, 2.24) is 4.31 Å². The quantitative estimate of drug-likeness (QED) is 0.905.